The van der Waals surface area contributed by atoms with Crippen LogP contribution in [0.2, 0.25) is 0 Å². The van der Waals surface area contributed by atoms with E-state index in [2.05, 4.69) is 26.1 Å². The second kappa shape index (κ2) is 8.71. The zero-order valence-corrected chi connectivity index (χ0v) is 16.7. The fraction of sp³-hybridized carbons (Fsp3) is 0.364. The lowest BCUT2D eigenvalue weighted by atomic mass is 9.86. The van der Waals surface area contributed by atoms with E-state index in [4.69, 9.17) is 4.74 Å². The SMILES string of the molecule is CC(=O)N(C)Cc1ccccc1NC(=O)COc1ccccc1C(C)(C)C. The lowest BCUT2D eigenvalue weighted by molar-refractivity contribution is -0.128. The number of benzene rings is 2. The van der Waals surface area contributed by atoms with E-state index in [1.807, 2.05) is 48.5 Å². The van der Waals surface area contributed by atoms with Crippen molar-refractivity contribution in [1.82, 2.24) is 4.90 Å². The number of amides is 2. The molecule has 0 atom stereocenters. The Balaban J connectivity index is 2.05. The van der Waals surface area contributed by atoms with Gasteiger partial charge >= 0.3 is 0 Å². The third-order valence-electron chi connectivity index (χ3n) is 4.29. The molecule has 144 valence electrons. The van der Waals surface area contributed by atoms with Crippen LogP contribution >= 0.6 is 0 Å². The Labute approximate surface area is 161 Å². The van der Waals surface area contributed by atoms with Crippen molar-refractivity contribution in [1.29, 1.82) is 0 Å². The number of hydrogen-bond acceptors (Lipinski definition) is 3. The third kappa shape index (κ3) is 5.84. The lowest BCUT2D eigenvalue weighted by Crippen LogP contribution is -2.25. The van der Waals surface area contributed by atoms with Gasteiger partial charge in [0, 0.05) is 26.2 Å². The van der Waals surface area contributed by atoms with Crippen molar-refractivity contribution in [3.63, 3.8) is 0 Å². The van der Waals surface area contributed by atoms with E-state index < -0.39 is 0 Å². The molecule has 0 spiro atoms. The van der Waals surface area contributed by atoms with Crippen molar-refractivity contribution >= 4 is 17.5 Å². The number of anilines is 1. The van der Waals surface area contributed by atoms with Gasteiger partial charge in [-0.1, -0.05) is 57.2 Å². The predicted octanol–water partition coefficient (Wildman–Crippen LogP) is 3.98. The number of nitrogens with zero attached hydrogens (tertiary/aromatic N) is 1. The number of carbonyl (C=O) groups is 2. The summed E-state index contributed by atoms with van der Waals surface area (Å²) in [6, 6.07) is 15.2. The van der Waals surface area contributed by atoms with Crippen LogP contribution in [0, 0.1) is 0 Å². The van der Waals surface area contributed by atoms with Gasteiger partial charge in [0.2, 0.25) is 5.91 Å². The molecule has 0 fully saturated rings. The normalized spacial score (nSPS) is 11.0. The molecule has 1 N–H and O–H groups in total. The Bertz CT molecular complexity index is 809. The largest absolute Gasteiger partial charge is 0.483 e. The van der Waals surface area contributed by atoms with Gasteiger partial charge in [0.15, 0.2) is 6.61 Å². The highest BCUT2D eigenvalue weighted by Crippen LogP contribution is 2.30. The molecule has 0 radical (unpaired) electrons. The molecule has 0 unspecified atom stereocenters. The number of ether oxygens (including phenoxy) is 1. The topological polar surface area (TPSA) is 58.6 Å². The van der Waals surface area contributed by atoms with Gasteiger partial charge in [0.1, 0.15) is 5.75 Å². The van der Waals surface area contributed by atoms with E-state index in [0.29, 0.717) is 18.0 Å². The monoisotopic (exact) mass is 368 g/mol. The first kappa shape index (κ1) is 20.5. The second-order valence-electron chi connectivity index (χ2n) is 7.62. The Hall–Kier alpha value is -2.82. The molecular weight excluding hydrogens is 340 g/mol. The van der Waals surface area contributed by atoms with Crippen LogP contribution in [0.4, 0.5) is 5.69 Å². The smallest absolute Gasteiger partial charge is 0.262 e. The maximum atomic E-state index is 12.4. The van der Waals surface area contributed by atoms with Crippen molar-refractivity contribution in [2.45, 2.75) is 39.7 Å². The second-order valence-corrected chi connectivity index (χ2v) is 7.62. The number of para-hydroxylation sites is 2. The average Bonchev–Trinajstić information content (AvgIpc) is 2.61. The number of nitrogens with one attached hydrogen (secondary N) is 1. The van der Waals surface area contributed by atoms with Gasteiger partial charge in [-0.3, -0.25) is 9.59 Å². The Morgan fingerprint density at radius 3 is 2.33 bits per heavy atom. The molecule has 0 bridgehead atoms. The number of rotatable bonds is 6. The molecule has 2 rings (SSSR count). The average molecular weight is 368 g/mol. The first-order valence-corrected chi connectivity index (χ1v) is 9.00. The summed E-state index contributed by atoms with van der Waals surface area (Å²) < 4.78 is 5.78. The summed E-state index contributed by atoms with van der Waals surface area (Å²) in [5.74, 6) is 0.444. The molecule has 2 aromatic rings. The van der Waals surface area contributed by atoms with E-state index in [1.165, 1.54) is 6.92 Å². The molecule has 27 heavy (non-hydrogen) atoms. The molecule has 0 aliphatic rings. The third-order valence-corrected chi connectivity index (χ3v) is 4.29. The predicted molar refractivity (Wildman–Crippen MR) is 108 cm³/mol. The zero-order chi connectivity index (χ0) is 20.0. The molecule has 0 saturated heterocycles. The van der Waals surface area contributed by atoms with Crippen LogP contribution in [0.15, 0.2) is 48.5 Å². The van der Waals surface area contributed by atoms with Crippen molar-refractivity contribution in [2.75, 3.05) is 19.0 Å². The first-order valence-electron chi connectivity index (χ1n) is 9.00. The van der Waals surface area contributed by atoms with Crippen LogP contribution in [0.25, 0.3) is 0 Å². The summed E-state index contributed by atoms with van der Waals surface area (Å²) in [6.07, 6.45) is 0. The maximum Gasteiger partial charge on any atom is 0.262 e. The summed E-state index contributed by atoms with van der Waals surface area (Å²) in [4.78, 5) is 25.5. The first-order chi connectivity index (χ1) is 12.7. The van der Waals surface area contributed by atoms with Crippen LogP contribution in [0.5, 0.6) is 5.75 Å². The van der Waals surface area contributed by atoms with E-state index in [0.717, 1.165) is 11.1 Å². The van der Waals surface area contributed by atoms with Crippen molar-refractivity contribution in [2.24, 2.45) is 0 Å². The van der Waals surface area contributed by atoms with Gasteiger partial charge in [-0.25, -0.2) is 0 Å². The summed E-state index contributed by atoms with van der Waals surface area (Å²) >= 11 is 0. The molecule has 5 nitrogen and oxygen atoms in total. The Morgan fingerprint density at radius 2 is 1.67 bits per heavy atom. The quantitative estimate of drug-likeness (QED) is 0.839. The molecule has 0 aliphatic carbocycles. The minimum atomic E-state index is -0.239. The van der Waals surface area contributed by atoms with Crippen LogP contribution < -0.4 is 10.1 Å². The highest BCUT2D eigenvalue weighted by Gasteiger charge is 2.19. The van der Waals surface area contributed by atoms with E-state index >= 15 is 0 Å². The molecule has 0 saturated carbocycles. The van der Waals surface area contributed by atoms with Gasteiger partial charge in [0.05, 0.1) is 0 Å². The molecule has 0 aromatic heterocycles. The summed E-state index contributed by atoms with van der Waals surface area (Å²) in [5.41, 5.74) is 2.54. The maximum absolute atomic E-state index is 12.4. The minimum Gasteiger partial charge on any atom is -0.483 e. The molecule has 2 aromatic carbocycles. The van der Waals surface area contributed by atoms with Crippen LogP contribution in [-0.4, -0.2) is 30.4 Å². The van der Waals surface area contributed by atoms with E-state index in [1.54, 1.807) is 11.9 Å². The highest BCUT2D eigenvalue weighted by molar-refractivity contribution is 5.92. The number of hydrogen-bond donors (Lipinski definition) is 1. The zero-order valence-electron chi connectivity index (χ0n) is 16.7. The van der Waals surface area contributed by atoms with Crippen LogP contribution in [0.3, 0.4) is 0 Å². The van der Waals surface area contributed by atoms with Gasteiger partial charge < -0.3 is 15.0 Å². The molecule has 5 heteroatoms. The van der Waals surface area contributed by atoms with Gasteiger partial charge in [-0.05, 0) is 28.7 Å². The highest BCUT2D eigenvalue weighted by atomic mass is 16.5. The van der Waals surface area contributed by atoms with E-state index in [9.17, 15) is 9.59 Å². The number of carbonyl (C=O) groups excluding carboxylic acids is 2. The van der Waals surface area contributed by atoms with Gasteiger partial charge in [-0.15, -0.1) is 0 Å². The van der Waals surface area contributed by atoms with Gasteiger partial charge in [-0.2, -0.15) is 0 Å². The summed E-state index contributed by atoms with van der Waals surface area (Å²) in [6.45, 7) is 8.19. The fourth-order valence-corrected chi connectivity index (χ4v) is 2.69. The van der Waals surface area contributed by atoms with Crippen LogP contribution in [-0.2, 0) is 21.5 Å². The minimum absolute atomic E-state index is 0.0294. The molecule has 0 heterocycles. The van der Waals surface area contributed by atoms with Gasteiger partial charge in [0.25, 0.3) is 5.91 Å². The molecule has 2 amide bonds. The Morgan fingerprint density at radius 1 is 1.04 bits per heavy atom. The van der Waals surface area contributed by atoms with Crippen molar-refractivity contribution in [3.8, 4) is 5.75 Å². The molecular formula is C22H28N2O3. The fourth-order valence-electron chi connectivity index (χ4n) is 2.69. The van der Waals surface area contributed by atoms with E-state index in [-0.39, 0.29) is 23.8 Å². The van der Waals surface area contributed by atoms with Crippen molar-refractivity contribution < 1.29 is 14.3 Å². The van der Waals surface area contributed by atoms with Crippen molar-refractivity contribution in [3.05, 3.63) is 59.7 Å². The summed E-state index contributed by atoms with van der Waals surface area (Å²) in [5, 5.41) is 2.88. The lowest BCUT2D eigenvalue weighted by Gasteiger charge is -2.22. The molecule has 0 aliphatic heterocycles. The Kier molecular flexibility index (Phi) is 6.61. The summed E-state index contributed by atoms with van der Waals surface area (Å²) in [7, 11) is 1.73. The standard InChI is InChI=1S/C22H28N2O3/c1-16(25)24(5)14-17-10-6-8-12-19(17)23-21(26)15-27-20-13-9-7-11-18(20)22(2,3)4/h6-13H,14-15H2,1-5H3,(H,23,26). The van der Waals surface area contributed by atoms with Crippen LogP contribution in [0.1, 0.15) is 38.8 Å².